The van der Waals surface area contributed by atoms with E-state index in [2.05, 4.69) is 10.3 Å². The normalized spacial score (nSPS) is 20.5. The molecule has 0 spiro atoms. The van der Waals surface area contributed by atoms with Gasteiger partial charge in [0.15, 0.2) is 0 Å². The van der Waals surface area contributed by atoms with Crippen LogP contribution >= 0.6 is 11.8 Å². The predicted molar refractivity (Wildman–Crippen MR) is 205 cm³/mol. The molecule has 4 amide bonds. The fourth-order valence-corrected chi connectivity index (χ4v) is 8.41. The molecular weight excluding hydrogens is 761 g/mol. The second kappa shape index (κ2) is 16.9. The van der Waals surface area contributed by atoms with Gasteiger partial charge in [-0.15, -0.1) is 11.8 Å². The molecule has 6 rings (SSSR count). The van der Waals surface area contributed by atoms with Gasteiger partial charge in [-0.25, -0.2) is 9.69 Å². The van der Waals surface area contributed by atoms with Gasteiger partial charge >= 0.3 is 17.9 Å². The molecule has 298 valence electrons. The molecule has 4 heterocycles. The van der Waals surface area contributed by atoms with E-state index in [0.717, 1.165) is 9.80 Å². The average Bonchev–Trinajstić information content (AvgIpc) is 3.64. The maximum atomic E-state index is 14.1. The molecule has 18 heteroatoms. The summed E-state index contributed by atoms with van der Waals surface area (Å²) in [5, 5.41) is 12.2. The van der Waals surface area contributed by atoms with Crippen LogP contribution in [0.25, 0.3) is 11.3 Å². The molecule has 3 aliphatic rings. The number of esters is 2. The van der Waals surface area contributed by atoms with Crippen molar-refractivity contribution in [2.75, 3.05) is 23.8 Å². The number of carbonyl (C=O) groups is 7. The highest BCUT2D eigenvalue weighted by Crippen LogP contribution is 2.43. The molecule has 0 aliphatic carbocycles. The number of ether oxygens (including phenoxy) is 2. The zero-order valence-electron chi connectivity index (χ0n) is 31.1. The molecular formula is C39H40N6O11S. The number of carboxylic acids is 1. The van der Waals surface area contributed by atoms with Crippen molar-refractivity contribution >= 4 is 59.0 Å². The van der Waals surface area contributed by atoms with Crippen LogP contribution in [0.2, 0.25) is 0 Å². The van der Waals surface area contributed by atoms with Gasteiger partial charge in [-0.2, -0.15) is 0 Å². The number of hydrogen-bond donors (Lipinski definition) is 4. The molecule has 3 unspecified atom stereocenters. The van der Waals surface area contributed by atoms with E-state index in [4.69, 9.17) is 15.2 Å². The van der Waals surface area contributed by atoms with E-state index in [1.54, 1.807) is 60.7 Å². The number of pyridine rings is 1. The smallest absolute Gasteiger partial charge is 0.352 e. The van der Waals surface area contributed by atoms with Crippen molar-refractivity contribution in [2.24, 2.45) is 5.73 Å². The third-order valence-electron chi connectivity index (χ3n) is 9.74. The Hall–Kier alpha value is -6.11. The number of nitrogens with two attached hydrogens (primary N) is 1. The van der Waals surface area contributed by atoms with Gasteiger partial charge in [-0.1, -0.05) is 42.5 Å². The number of carboxylic acid groups (broad SMARTS) is 1. The maximum Gasteiger partial charge on any atom is 0.352 e. The molecule has 2 fully saturated rings. The first kappa shape index (κ1) is 40.6. The lowest BCUT2D eigenvalue weighted by atomic mass is 9.98. The average molecular weight is 801 g/mol. The first-order valence-corrected chi connectivity index (χ1v) is 18.9. The molecule has 57 heavy (non-hydrogen) atoms. The lowest BCUT2D eigenvalue weighted by Gasteiger charge is -2.53. The molecule has 5 N–H and O–H groups in total. The highest BCUT2D eigenvalue weighted by atomic mass is 32.2. The Balaban J connectivity index is 1.24. The van der Waals surface area contributed by atoms with E-state index in [0.29, 0.717) is 16.8 Å². The summed E-state index contributed by atoms with van der Waals surface area (Å²) >= 11 is 1.19. The number of hydrogen-bond acceptors (Lipinski definition) is 13. The lowest BCUT2D eigenvalue weighted by Crippen LogP contribution is -2.71. The van der Waals surface area contributed by atoms with Crippen molar-refractivity contribution in [3.63, 3.8) is 0 Å². The van der Waals surface area contributed by atoms with Crippen LogP contribution in [-0.4, -0.2) is 104 Å². The summed E-state index contributed by atoms with van der Waals surface area (Å²) in [6, 6.07) is 14.8. The van der Waals surface area contributed by atoms with E-state index in [1.807, 2.05) is 0 Å². The number of aromatic nitrogens is 1. The third kappa shape index (κ3) is 8.52. The van der Waals surface area contributed by atoms with Gasteiger partial charge in [0.25, 0.3) is 17.4 Å². The molecule has 17 nitrogen and oxygen atoms in total. The molecule has 5 atom stereocenters. The number of nitrogens with one attached hydrogen (secondary N) is 2. The highest BCUT2D eigenvalue weighted by Gasteiger charge is 2.57. The standard InChI is InChI=1S/C39H40N6O11S/c1-20(46)44(35(50)30-15-28(16-41-30)56-22(3)48)27-12-9-23(10-13-27)29-14-11-25(34(49)42-29)17-43(36(51)31(40)24-7-5-4-6-8-24)33-37(52)45-32(39(53)54)26(18-55-21(2)47)19-57-38(33)45/h4-14,28,30-31,33,38,41H,15-19,40H2,1-3H3,(H,42,49)(H,53,54)/t28?,30-,31?,33?,38-/m0/s1. The molecule has 2 aromatic carbocycles. The topological polar surface area (TPSA) is 239 Å². The van der Waals surface area contributed by atoms with Crippen molar-refractivity contribution in [3.05, 3.63) is 99.5 Å². The van der Waals surface area contributed by atoms with Crippen molar-refractivity contribution in [1.29, 1.82) is 0 Å². The minimum Gasteiger partial charge on any atom is -0.477 e. The molecule has 0 radical (unpaired) electrons. The number of thioether (sulfide) groups is 1. The van der Waals surface area contributed by atoms with Gasteiger partial charge in [0.1, 0.15) is 35.9 Å². The first-order valence-electron chi connectivity index (χ1n) is 17.9. The first-order chi connectivity index (χ1) is 27.2. The highest BCUT2D eigenvalue weighted by molar-refractivity contribution is 8.00. The third-order valence-corrected chi connectivity index (χ3v) is 11.1. The summed E-state index contributed by atoms with van der Waals surface area (Å²) in [5.41, 5.74) is 7.53. The van der Waals surface area contributed by atoms with Crippen LogP contribution in [0, 0.1) is 0 Å². The van der Waals surface area contributed by atoms with Crippen molar-refractivity contribution < 1.29 is 48.1 Å². The van der Waals surface area contributed by atoms with Crippen LogP contribution in [0.3, 0.4) is 0 Å². The number of anilines is 1. The van der Waals surface area contributed by atoms with Crippen LogP contribution in [0.15, 0.2) is 82.8 Å². The minimum absolute atomic E-state index is 0.104. The molecule has 3 aliphatic heterocycles. The number of carbonyl (C=O) groups excluding carboxylic acids is 6. The van der Waals surface area contributed by atoms with Crippen LogP contribution in [0.5, 0.6) is 0 Å². The van der Waals surface area contributed by atoms with Gasteiger partial charge < -0.3 is 35.5 Å². The van der Waals surface area contributed by atoms with Crippen LogP contribution in [0.1, 0.15) is 44.4 Å². The van der Waals surface area contributed by atoms with Crippen molar-refractivity contribution in [3.8, 4) is 11.3 Å². The van der Waals surface area contributed by atoms with E-state index >= 15 is 0 Å². The Kier molecular flexibility index (Phi) is 12.1. The number of amides is 4. The number of nitrogens with zero attached hydrogens (tertiary/aromatic N) is 3. The summed E-state index contributed by atoms with van der Waals surface area (Å²) in [6.45, 7) is 3.33. The number of rotatable bonds is 12. The Bertz CT molecular complexity index is 2210. The van der Waals surface area contributed by atoms with Crippen LogP contribution < -0.4 is 21.5 Å². The molecule has 3 aromatic rings. The number of H-pyrrole nitrogens is 1. The summed E-state index contributed by atoms with van der Waals surface area (Å²) < 4.78 is 10.2. The molecule has 0 saturated carbocycles. The van der Waals surface area contributed by atoms with Crippen LogP contribution in [0.4, 0.5) is 5.69 Å². The quantitative estimate of drug-likeness (QED) is 0.150. The van der Waals surface area contributed by atoms with Crippen LogP contribution in [-0.2, 0) is 49.6 Å². The maximum absolute atomic E-state index is 14.1. The SMILES string of the molecule is CC(=O)OCC1=C(C(=O)O)N2C(=O)C(N(Cc3ccc(-c4ccc(N(C(C)=O)C(=O)[C@@H]5CC(OC(C)=O)CN5)cc4)[nH]c3=O)C(=O)C(N)c3ccccc3)[C@@H]2SC1. The van der Waals surface area contributed by atoms with Gasteiger partial charge in [0.2, 0.25) is 11.8 Å². The second-order valence-electron chi connectivity index (χ2n) is 13.6. The van der Waals surface area contributed by atoms with E-state index < -0.39 is 76.7 Å². The largest absolute Gasteiger partial charge is 0.477 e. The molecule has 1 aromatic heterocycles. The molecule has 2 saturated heterocycles. The van der Waals surface area contributed by atoms with E-state index in [-0.39, 0.29) is 54.4 Å². The summed E-state index contributed by atoms with van der Waals surface area (Å²) in [4.78, 5) is 109. The Morgan fingerprint density at radius 2 is 1.67 bits per heavy atom. The van der Waals surface area contributed by atoms with Gasteiger partial charge in [-0.3, -0.25) is 38.5 Å². The van der Waals surface area contributed by atoms with Gasteiger partial charge in [-0.05, 0) is 35.4 Å². The number of benzene rings is 2. The van der Waals surface area contributed by atoms with Gasteiger partial charge in [0.05, 0.1) is 18.3 Å². The number of β-lactam (4-membered cyclic amide) rings is 1. The van der Waals surface area contributed by atoms with Gasteiger partial charge in [0, 0.05) is 56.3 Å². The summed E-state index contributed by atoms with van der Waals surface area (Å²) in [7, 11) is 0. The zero-order chi connectivity index (χ0) is 41.1. The number of fused-ring (bicyclic) bond motifs is 1. The van der Waals surface area contributed by atoms with Crippen molar-refractivity contribution in [1.82, 2.24) is 20.1 Å². The number of aliphatic carboxylic acids is 1. The fourth-order valence-electron chi connectivity index (χ4n) is 7.02. The number of aromatic amines is 1. The monoisotopic (exact) mass is 800 g/mol. The Morgan fingerprint density at radius 3 is 2.28 bits per heavy atom. The summed E-state index contributed by atoms with van der Waals surface area (Å²) in [5.74, 6) is -4.76. The molecule has 0 bridgehead atoms. The number of imide groups is 1. The minimum atomic E-state index is -1.39. The Labute approximate surface area is 330 Å². The van der Waals surface area contributed by atoms with Crippen molar-refractivity contribution in [2.45, 2.75) is 63.3 Å². The Morgan fingerprint density at radius 1 is 0.965 bits per heavy atom. The predicted octanol–water partition coefficient (Wildman–Crippen LogP) is 1.43. The second-order valence-corrected chi connectivity index (χ2v) is 14.7. The zero-order valence-corrected chi connectivity index (χ0v) is 31.9. The van der Waals surface area contributed by atoms with E-state index in [9.17, 15) is 43.5 Å². The fraction of sp³-hybridized carbons (Fsp3) is 0.333. The lowest BCUT2D eigenvalue weighted by molar-refractivity contribution is -0.161. The van der Waals surface area contributed by atoms with E-state index in [1.165, 1.54) is 43.5 Å². The summed E-state index contributed by atoms with van der Waals surface area (Å²) in [6.07, 6.45) is -0.288.